The van der Waals surface area contributed by atoms with Crippen molar-refractivity contribution in [2.75, 3.05) is 6.61 Å². The fourth-order valence-electron chi connectivity index (χ4n) is 2.07. The molecule has 0 aliphatic carbocycles. The van der Waals surface area contributed by atoms with E-state index < -0.39 is 5.97 Å². The molecule has 0 aromatic heterocycles. The molecule has 0 N–H and O–H groups in total. The normalized spacial score (nSPS) is 10.4. The van der Waals surface area contributed by atoms with Crippen molar-refractivity contribution >= 4 is 5.97 Å². The highest BCUT2D eigenvalue weighted by molar-refractivity contribution is 5.91. The van der Waals surface area contributed by atoms with Gasteiger partial charge in [-0.15, -0.1) is 0 Å². The Kier molecular flexibility index (Phi) is 4.99. The van der Waals surface area contributed by atoms with Crippen LogP contribution >= 0.6 is 0 Å². The van der Waals surface area contributed by atoms with Crippen LogP contribution in [-0.2, 0) is 0 Å². The number of carbonyl (C=O) groups is 1. The van der Waals surface area contributed by atoms with E-state index in [4.69, 9.17) is 4.74 Å². The maximum Gasteiger partial charge on any atom is 0.128 e. The lowest BCUT2D eigenvalue weighted by atomic mass is 10.0. The summed E-state index contributed by atoms with van der Waals surface area (Å²) in [5, 5.41) is 11.3. The molecule has 2 aromatic carbocycles. The third kappa shape index (κ3) is 3.85. The molecule has 0 saturated carbocycles. The smallest absolute Gasteiger partial charge is 0.128 e. The minimum Gasteiger partial charge on any atom is -0.545 e. The summed E-state index contributed by atoms with van der Waals surface area (Å²) >= 11 is 0. The largest absolute Gasteiger partial charge is 0.545 e. The number of rotatable bonds is 6. The fraction of sp³-hybridized carbons (Fsp3) is 0.278. The van der Waals surface area contributed by atoms with Crippen molar-refractivity contribution in [1.82, 2.24) is 0 Å². The molecule has 2 rings (SSSR count). The average molecular weight is 283 g/mol. The second-order valence-corrected chi connectivity index (χ2v) is 5.07. The molecule has 0 heterocycles. The molecule has 0 fully saturated rings. The van der Waals surface area contributed by atoms with Crippen molar-refractivity contribution in [2.24, 2.45) is 0 Å². The van der Waals surface area contributed by atoms with Gasteiger partial charge in [0, 0.05) is 5.56 Å². The zero-order valence-corrected chi connectivity index (χ0v) is 12.4. The molecule has 3 nitrogen and oxygen atoms in total. The number of benzene rings is 2. The van der Waals surface area contributed by atoms with Crippen LogP contribution in [0, 0.1) is 6.92 Å². The molecule has 0 spiro atoms. The average Bonchev–Trinajstić information content (AvgIpc) is 2.48. The van der Waals surface area contributed by atoms with E-state index in [0.717, 1.165) is 24.0 Å². The van der Waals surface area contributed by atoms with Crippen molar-refractivity contribution in [3.8, 4) is 16.9 Å². The number of aryl methyl sites for hydroxylation is 1. The highest BCUT2D eigenvalue weighted by Gasteiger charge is 2.08. The number of hydrogen-bond donors (Lipinski definition) is 0. The summed E-state index contributed by atoms with van der Waals surface area (Å²) in [5.41, 5.74) is 3.09. The summed E-state index contributed by atoms with van der Waals surface area (Å²) in [6.07, 6.45) is 1.90. The summed E-state index contributed by atoms with van der Waals surface area (Å²) < 4.78 is 5.53. The Bertz CT molecular complexity index is 615. The van der Waals surface area contributed by atoms with Gasteiger partial charge in [-0.25, -0.2) is 0 Å². The van der Waals surface area contributed by atoms with Crippen LogP contribution in [0.5, 0.6) is 5.75 Å². The molecule has 0 amide bonds. The van der Waals surface area contributed by atoms with E-state index in [0.29, 0.717) is 12.4 Å². The van der Waals surface area contributed by atoms with Gasteiger partial charge in [-0.1, -0.05) is 49.2 Å². The van der Waals surface area contributed by atoms with Gasteiger partial charge in [0.25, 0.3) is 0 Å². The van der Waals surface area contributed by atoms with Crippen LogP contribution in [0.2, 0.25) is 0 Å². The first kappa shape index (κ1) is 15.1. The van der Waals surface area contributed by atoms with E-state index in [1.54, 1.807) is 12.1 Å². The van der Waals surface area contributed by atoms with Crippen molar-refractivity contribution in [1.29, 1.82) is 0 Å². The number of carbonyl (C=O) groups excluding carboxylic acids is 1. The predicted octanol–water partition coefficient (Wildman–Crippen LogP) is 3.20. The molecule has 0 bridgehead atoms. The van der Waals surface area contributed by atoms with Gasteiger partial charge in [0.15, 0.2) is 0 Å². The molecule has 2 aromatic rings. The lowest BCUT2D eigenvalue weighted by Crippen LogP contribution is -2.23. The molecule has 0 unspecified atom stereocenters. The maximum atomic E-state index is 11.3. The van der Waals surface area contributed by atoms with Crippen molar-refractivity contribution < 1.29 is 14.6 Å². The number of unbranched alkanes of at least 4 members (excludes halogenated alkanes) is 1. The maximum absolute atomic E-state index is 11.3. The Morgan fingerprint density at radius 3 is 2.38 bits per heavy atom. The molecule has 0 aliphatic rings. The molecule has 21 heavy (non-hydrogen) atoms. The summed E-state index contributed by atoms with van der Waals surface area (Å²) in [6, 6.07) is 13.1. The highest BCUT2D eigenvalue weighted by atomic mass is 16.5. The summed E-state index contributed by atoms with van der Waals surface area (Å²) in [5.74, 6) is -0.838. The van der Waals surface area contributed by atoms with E-state index in [-0.39, 0.29) is 5.56 Å². The molecule has 3 heteroatoms. The summed E-state index contributed by atoms with van der Waals surface area (Å²) in [4.78, 5) is 11.3. The zero-order valence-electron chi connectivity index (χ0n) is 12.4. The van der Waals surface area contributed by atoms with Crippen LogP contribution in [0.3, 0.4) is 0 Å². The van der Waals surface area contributed by atoms with E-state index in [9.17, 15) is 9.90 Å². The molecule has 0 aliphatic heterocycles. The van der Waals surface area contributed by atoms with Gasteiger partial charge >= 0.3 is 0 Å². The predicted molar refractivity (Wildman–Crippen MR) is 81.3 cm³/mol. The van der Waals surface area contributed by atoms with Gasteiger partial charge in [0.05, 0.1) is 12.6 Å². The van der Waals surface area contributed by atoms with Gasteiger partial charge < -0.3 is 14.6 Å². The summed E-state index contributed by atoms with van der Waals surface area (Å²) in [7, 11) is 0. The van der Waals surface area contributed by atoms with Gasteiger partial charge in [0.2, 0.25) is 0 Å². The number of hydrogen-bond acceptors (Lipinski definition) is 3. The molecule has 110 valence electrons. The van der Waals surface area contributed by atoms with Crippen LogP contribution in [0.25, 0.3) is 11.1 Å². The fourth-order valence-corrected chi connectivity index (χ4v) is 2.07. The van der Waals surface area contributed by atoms with Crippen LogP contribution in [0.4, 0.5) is 0 Å². The van der Waals surface area contributed by atoms with E-state index in [1.807, 2.05) is 37.3 Å². The molecule has 0 atom stereocenters. The molecular weight excluding hydrogens is 264 g/mol. The standard InChI is InChI=1S/C18H20O3/c1-3-4-11-21-17-10-9-15(12-16(17)18(19)20)14-7-5-13(2)6-8-14/h5-10,12H,3-4,11H2,1-2H3,(H,19,20)/p-1. The Hall–Kier alpha value is -2.29. The van der Waals surface area contributed by atoms with Crippen LogP contribution < -0.4 is 9.84 Å². The number of carboxylic acid groups (broad SMARTS) is 1. The first-order valence-electron chi connectivity index (χ1n) is 7.17. The van der Waals surface area contributed by atoms with Gasteiger partial charge in [-0.3, -0.25) is 0 Å². The third-order valence-electron chi connectivity index (χ3n) is 3.34. The SMILES string of the molecule is CCCCOc1ccc(-c2ccc(C)cc2)cc1C(=O)[O-]. The monoisotopic (exact) mass is 283 g/mol. The zero-order chi connectivity index (χ0) is 15.2. The molecule has 0 radical (unpaired) electrons. The topological polar surface area (TPSA) is 49.4 Å². The minimum absolute atomic E-state index is 0.101. The van der Waals surface area contributed by atoms with E-state index >= 15 is 0 Å². The van der Waals surface area contributed by atoms with Crippen LogP contribution in [-0.4, -0.2) is 12.6 Å². The second-order valence-electron chi connectivity index (χ2n) is 5.07. The van der Waals surface area contributed by atoms with Gasteiger partial charge in [-0.2, -0.15) is 0 Å². The Morgan fingerprint density at radius 1 is 1.10 bits per heavy atom. The van der Waals surface area contributed by atoms with E-state index in [2.05, 4.69) is 6.92 Å². The van der Waals surface area contributed by atoms with Gasteiger partial charge in [0.1, 0.15) is 5.75 Å². The number of aromatic carboxylic acids is 1. The lowest BCUT2D eigenvalue weighted by molar-refractivity contribution is -0.255. The third-order valence-corrected chi connectivity index (χ3v) is 3.34. The number of ether oxygens (including phenoxy) is 1. The minimum atomic E-state index is -1.21. The highest BCUT2D eigenvalue weighted by Crippen LogP contribution is 2.27. The van der Waals surface area contributed by atoms with Crippen LogP contribution in [0.1, 0.15) is 35.7 Å². The van der Waals surface area contributed by atoms with Crippen molar-refractivity contribution in [3.05, 3.63) is 53.6 Å². The Balaban J connectivity index is 2.31. The first-order valence-corrected chi connectivity index (χ1v) is 7.17. The van der Waals surface area contributed by atoms with E-state index in [1.165, 1.54) is 5.56 Å². The molecular formula is C18H19O3-. The Labute approximate surface area is 125 Å². The number of carboxylic acids is 1. The first-order chi connectivity index (χ1) is 10.1. The molecule has 0 saturated heterocycles. The second kappa shape index (κ2) is 6.93. The van der Waals surface area contributed by atoms with Crippen molar-refractivity contribution in [2.45, 2.75) is 26.7 Å². The quantitative estimate of drug-likeness (QED) is 0.765. The lowest BCUT2D eigenvalue weighted by Gasteiger charge is -2.14. The van der Waals surface area contributed by atoms with Crippen molar-refractivity contribution in [3.63, 3.8) is 0 Å². The Morgan fingerprint density at radius 2 is 1.76 bits per heavy atom. The van der Waals surface area contributed by atoms with Gasteiger partial charge in [-0.05, 0) is 36.6 Å². The summed E-state index contributed by atoms with van der Waals surface area (Å²) in [6.45, 7) is 4.59. The van der Waals surface area contributed by atoms with Crippen LogP contribution in [0.15, 0.2) is 42.5 Å².